The minimum absolute atomic E-state index is 0.458. The van der Waals surface area contributed by atoms with E-state index >= 15 is 0 Å². The normalized spacial score (nSPS) is 11.8. The maximum Gasteiger partial charge on any atom is 0.167 e. The van der Waals surface area contributed by atoms with Crippen molar-refractivity contribution in [3.63, 3.8) is 0 Å². The van der Waals surface area contributed by atoms with E-state index in [1.807, 2.05) is 23.6 Å². The van der Waals surface area contributed by atoms with Crippen molar-refractivity contribution in [1.29, 1.82) is 5.26 Å². The van der Waals surface area contributed by atoms with Crippen LogP contribution in [-0.4, -0.2) is 4.98 Å². The average molecular weight is 250 g/mol. The highest BCUT2D eigenvalue weighted by Gasteiger charge is 2.13. The average Bonchev–Trinajstić information content (AvgIpc) is 2.81. The summed E-state index contributed by atoms with van der Waals surface area (Å²) in [6.07, 6.45) is 1.68. The van der Waals surface area contributed by atoms with E-state index in [0.717, 1.165) is 10.7 Å². The molecule has 2 rings (SSSR count). The topological polar surface area (TPSA) is 48.7 Å². The smallest absolute Gasteiger partial charge is 0.167 e. The predicted molar refractivity (Wildman–Crippen MR) is 65.5 cm³/mol. The van der Waals surface area contributed by atoms with Crippen LogP contribution in [0.15, 0.2) is 35.8 Å². The molecule has 0 saturated heterocycles. The zero-order valence-corrected chi connectivity index (χ0v) is 9.79. The van der Waals surface area contributed by atoms with Crippen LogP contribution in [0.2, 0.25) is 5.02 Å². The summed E-state index contributed by atoms with van der Waals surface area (Å²) in [6, 6.07) is 9.02. The summed E-state index contributed by atoms with van der Waals surface area (Å²) in [4.78, 5) is 4.10. The standard InChI is InChI=1S/C11H8ClN3S/c12-8-3-1-2-4-9(8)15-10(7-13)11-14-5-6-16-11/h1-6,10,15H. The molecule has 1 atom stereocenters. The molecule has 0 bridgehead atoms. The molecule has 1 N–H and O–H groups in total. The van der Waals surface area contributed by atoms with E-state index in [-0.39, 0.29) is 0 Å². The fourth-order valence-electron chi connectivity index (χ4n) is 1.26. The van der Waals surface area contributed by atoms with Gasteiger partial charge in [-0.05, 0) is 12.1 Å². The number of nitrogens with one attached hydrogen (secondary N) is 1. The minimum Gasteiger partial charge on any atom is -0.363 e. The molecule has 0 aliphatic rings. The van der Waals surface area contributed by atoms with Crippen LogP contribution >= 0.6 is 22.9 Å². The third-order valence-electron chi connectivity index (χ3n) is 2.00. The first kappa shape index (κ1) is 10.9. The highest BCUT2D eigenvalue weighted by atomic mass is 35.5. The second-order valence-electron chi connectivity index (χ2n) is 3.06. The summed E-state index contributed by atoms with van der Waals surface area (Å²) in [6.45, 7) is 0. The number of para-hydroxylation sites is 1. The molecule has 1 heterocycles. The summed E-state index contributed by atoms with van der Waals surface area (Å²) in [5.41, 5.74) is 0.742. The van der Waals surface area contributed by atoms with Crippen molar-refractivity contribution < 1.29 is 0 Å². The number of nitriles is 1. The minimum atomic E-state index is -0.458. The lowest BCUT2D eigenvalue weighted by Gasteiger charge is -2.11. The monoisotopic (exact) mass is 249 g/mol. The molecule has 1 aromatic carbocycles. The van der Waals surface area contributed by atoms with Crippen molar-refractivity contribution in [2.45, 2.75) is 6.04 Å². The summed E-state index contributed by atoms with van der Waals surface area (Å²) < 4.78 is 0. The number of benzene rings is 1. The Morgan fingerprint density at radius 2 is 2.25 bits per heavy atom. The van der Waals surface area contributed by atoms with Crippen LogP contribution in [0.25, 0.3) is 0 Å². The molecule has 0 radical (unpaired) electrons. The van der Waals surface area contributed by atoms with Crippen molar-refractivity contribution in [3.05, 3.63) is 45.9 Å². The van der Waals surface area contributed by atoms with Crippen LogP contribution in [0.4, 0.5) is 5.69 Å². The lowest BCUT2D eigenvalue weighted by Crippen LogP contribution is -2.08. The van der Waals surface area contributed by atoms with E-state index in [1.165, 1.54) is 11.3 Å². The van der Waals surface area contributed by atoms with Crippen molar-refractivity contribution in [2.75, 3.05) is 5.32 Å². The van der Waals surface area contributed by atoms with Crippen LogP contribution in [-0.2, 0) is 0 Å². The first-order valence-corrected chi connectivity index (χ1v) is 5.87. The van der Waals surface area contributed by atoms with Crippen LogP contribution in [0.3, 0.4) is 0 Å². The largest absolute Gasteiger partial charge is 0.363 e. The third-order valence-corrected chi connectivity index (χ3v) is 3.17. The fourth-order valence-corrected chi connectivity index (χ4v) is 2.08. The molecule has 3 nitrogen and oxygen atoms in total. The zero-order chi connectivity index (χ0) is 11.4. The molecule has 16 heavy (non-hydrogen) atoms. The summed E-state index contributed by atoms with van der Waals surface area (Å²) in [7, 11) is 0. The molecule has 2 aromatic rings. The molecule has 1 aromatic heterocycles. The van der Waals surface area contributed by atoms with E-state index in [0.29, 0.717) is 5.02 Å². The Hall–Kier alpha value is -1.57. The van der Waals surface area contributed by atoms with Gasteiger partial charge in [-0.15, -0.1) is 11.3 Å². The van der Waals surface area contributed by atoms with Gasteiger partial charge in [-0.25, -0.2) is 4.98 Å². The zero-order valence-electron chi connectivity index (χ0n) is 8.22. The molecule has 1 unspecified atom stereocenters. The number of anilines is 1. The van der Waals surface area contributed by atoms with Gasteiger partial charge in [-0.1, -0.05) is 23.7 Å². The van der Waals surface area contributed by atoms with E-state index in [9.17, 15) is 0 Å². The van der Waals surface area contributed by atoms with Crippen LogP contribution < -0.4 is 5.32 Å². The Bertz CT molecular complexity index is 504. The number of halogens is 1. The van der Waals surface area contributed by atoms with E-state index in [4.69, 9.17) is 16.9 Å². The number of nitrogens with zero attached hydrogens (tertiary/aromatic N) is 2. The second kappa shape index (κ2) is 4.97. The summed E-state index contributed by atoms with van der Waals surface area (Å²) in [5, 5.41) is 15.3. The maximum absolute atomic E-state index is 9.06. The number of hydrogen-bond acceptors (Lipinski definition) is 4. The molecule has 0 aliphatic heterocycles. The van der Waals surface area contributed by atoms with Crippen molar-refractivity contribution in [1.82, 2.24) is 4.98 Å². The van der Waals surface area contributed by atoms with Crippen molar-refractivity contribution in [3.8, 4) is 6.07 Å². The summed E-state index contributed by atoms with van der Waals surface area (Å²) in [5.74, 6) is 0. The Balaban J connectivity index is 2.21. The van der Waals surface area contributed by atoms with Crippen LogP contribution in [0.5, 0.6) is 0 Å². The highest BCUT2D eigenvalue weighted by Crippen LogP contribution is 2.26. The molecule has 0 fully saturated rings. The van der Waals surface area contributed by atoms with Gasteiger partial charge in [0.2, 0.25) is 0 Å². The molecule has 0 saturated carbocycles. The van der Waals surface area contributed by atoms with E-state index < -0.39 is 6.04 Å². The van der Waals surface area contributed by atoms with E-state index in [1.54, 1.807) is 12.3 Å². The van der Waals surface area contributed by atoms with Gasteiger partial charge in [-0.2, -0.15) is 5.26 Å². The second-order valence-corrected chi connectivity index (χ2v) is 4.39. The quantitative estimate of drug-likeness (QED) is 0.906. The number of hydrogen-bond donors (Lipinski definition) is 1. The van der Waals surface area contributed by atoms with Crippen LogP contribution in [0, 0.1) is 11.3 Å². The number of aromatic nitrogens is 1. The third kappa shape index (κ3) is 2.32. The Morgan fingerprint density at radius 3 is 2.88 bits per heavy atom. The molecular weight excluding hydrogens is 242 g/mol. The predicted octanol–water partition coefficient (Wildman–Crippen LogP) is 3.47. The molecule has 80 valence electrons. The van der Waals surface area contributed by atoms with Gasteiger partial charge in [-0.3, -0.25) is 0 Å². The Kier molecular flexibility index (Phi) is 3.40. The van der Waals surface area contributed by atoms with E-state index in [2.05, 4.69) is 16.4 Å². The van der Waals surface area contributed by atoms with Gasteiger partial charge >= 0.3 is 0 Å². The van der Waals surface area contributed by atoms with Gasteiger partial charge < -0.3 is 5.32 Å². The van der Waals surface area contributed by atoms with Gasteiger partial charge in [0.15, 0.2) is 6.04 Å². The lowest BCUT2D eigenvalue weighted by molar-refractivity contribution is 0.974. The van der Waals surface area contributed by atoms with Crippen molar-refractivity contribution >= 4 is 28.6 Å². The van der Waals surface area contributed by atoms with Gasteiger partial charge in [0.05, 0.1) is 16.8 Å². The maximum atomic E-state index is 9.06. The van der Waals surface area contributed by atoms with Gasteiger partial charge in [0.25, 0.3) is 0 Å². The van der Waals surface area contributed by atoms with Crippen LogP contribution in [0.1, 0.15) is 11.0 Å². The highest BCUT2D eigenvalue weighted by molar-refractivity contribution is 7.09. The fraction of sp³-hybridized carbons (Fsp3) is 0.0909. The molecule has 0 spiro atoms. The lowest BCUT2D eigenvalue weighted by atomic mass is 10.2. The van der Waals surface area contributed by atoms with Gasteiger partial charge in [0.1, 0.15) is 5.01 Å². The van der Waals surface area contributed by atoms with Crippen molar-refractivity contribution in [2.24, 2.45) is 0 Å². The first-order chi connectivity index (χ1) is 7.81. The number of thiazole rings is 1. The summed E-state index contributed by atoms with van der Waals surface area (Å²) >= 11 is 7.44. The molecular formula is C11H8ClN3S. The molecule has 0 amide bonds. The Labute approximate surface area is 102 Å². The SMILES string of the molecule is N#CC(Nc1ccccc1Cl)c1nccs1. The molecule has 5 heteroatoms. The molecule has 0 aliphatic carbocycles. The first-order valence-electron chi connectivity index (χ1n) is 4.61. The van der Waals surface area contributed by atoms with Gasteiger partial charge in [0, 0.05) is 11.6 Å². The number of rotatable bonds is 3. The Morgan fingerprint density at radius 1 is 1.44 bits per heavy atom.